The first kappa shape index (κ1) is 22.3. The molecule has 1 N–H and O–H groups in total. The van der Waals surface area contributed by atoms with E-state index in [4.69, 9.17) is 0 Å². The number of nitrogens with zero attached hydrogens (tertiary/aromatic N) is 4. The van der Waals surface area contributed by atoms with E-state index >= 15 is 0 Å². The van der Waals surface area contributed by atoms with Crippen molar-refractivity contribution in [2.45, 2.75) is 30.4 Å². The molecule has 0 aliphatic carbocycles. The van der Waals surface area contributed by atoms with Crippen LogP contribution in [0.5, 0.6) is 0 Å². The first-order valence-corrected chi connectivity index (χ1v) is 13.3. The summed E-state index contributed by atoms with van der Waals surface area (Å²) >= 11 is 1.55. The fraction of sp³-hybridized carbons (Fsp3) is 0.200. The first-order chi connectivity index (χ1) is 16.5. The Bertz CT molecular complexity index is 1400. The van der Waals surface area contributed by atoms with E-state index in [1.807, 2.05) is 41.1 Å². The van der Waals surface area contributed by atoms with E-state index in [1.165, 1.54) is 0 Å². The molecule has 0 fully saturated rings. The lowest BCUT2D eigenvalue weighted by molar-refractivity contribution is 0.303. The number of aromatic nitrogens is 2. The van der Waals surface area contributed by atoms with Gasteiger partial charge in [0.1, 0.15) is 0 Å². The molecule has 1 aliphatic rings. The van der Waals surface area contributed by atoms with Gasteiger partial charge >= 0.3 is 0 Å². The maximum Gasteiger partial charge on any atom is 0.243 e. The summed E-state index contributed by atoms with van der Waals surface area (Å²) in [6.45, 7) is 1.37. The van der Waals surface area contributed by atoms with Gasteiger partial charge in [-0.3, -0.25) is 0 Å². The normalized spacial score (nSPS) is 15.8. The molecule has 4 aromatic rings. The van der Waals surface area contributed by atoms with Crippen molar-refractivity contribution in [2.24, 2.45) is 0 Å². The summed E-state index contributed by atoms with van der Waals surface area (Å²) in [5.74, 6) is 0. The molecule has 0 radical (unpaired) electrons. The number of hydrogen-bond acceptors (Lipinski definition) is 6. The van der Waals surface area contributed by atoms with Crippen LogP contribution in [0.1, 0.15) is 22.4 Å². The van der Waals surface area contributed by atoms with Gasteiger partial charge in [-0.1, -0.05) is 18.2 Å². The number of aromatic amines is 1. The fourth-order valence-electron chi connectivity index (χ4n) is 4.42. The first-order valence-electron chi connectivity index (χ1n) is 10.9. The van der Waals surface area contributed by atoms with Crippen LogP contribution in [0.2, 0.25) is 0 Å². The second kappa shape index (κ2) is 9.43. The Morgan fingerprint density at radius 2 is 2.06 bits per heavy atom. The molecule has 34 heavy (non-hydrogen) atoms. The van der Waals surface area contributed by atoms with Crippen molar-refractivity contribution >= 4 is 27.0 Å². The second-order valence-corrected chi connectivity index (χ2v) is 10.9. The van der Waals surface area contributed by atoms with E-state index in [0.29, 0.717) is 25.1 Å². The van der Waals surface area contributed by atoms with Crippen LogP contribution in [0.4, 0.5) is 5.69 Å². The molecule has 2 aromatic heterocycles. The molecule has 1 atom stereocenters. The highest BCUT2D eigenvalue weighted by molar-refractivity contribution is 7.89. The maximum atomic E-state index is 13.9. The van der Waals surface area contributed by atoms with Gasteiger partial charge in [-0.15, -0.1) is 0 Å². The van der Waals surface area contributed by atoms with Crippen LogP contribution < -0.4 is 4.90 Å². The summed E-state index contributed by atoms with van der Waals surface area (Å²) in [6, 6.07) is 18.1. The summed E-state index contributed by atoms with van der Waals surface area (Å²) in [5.41, 5.74) is 4.44. The third kappa shape index (κ3) is 4.48. The van der Waals surface area contributed by atoms with Crippen molar-refractivity contribution in [3.05, 3.63) is 100 Å². The van der Waals surface area contributed by atoms with E-state index in [2.05, 4.69) is 20.9 Å². The van der Waals surface area contributed by atoms with Crippen LogP contribution >= 0.6 is 11.3 Å². The second-order valence-electron chi connectivity index (χ2n) is 8.27. The van der Waals surface area contributed by atoms with Crippen molar-refractivity contribution in [2.75, 3.05) is 11.4 Å². The Hall–Kier alpha value is -3.45. The predicted octanol–water partition coefficient (Wildman–Crippen LogP) is 4.17. The molecule has 1 aliphatic heterocycles. The molecule has 0 saturated heterocycles. The van der Waals surface area contributed by atoms with E-state index in [1.54, 1.807) is 52.4 Å². The Kier molecular flexibility index (Phi) is 6.20. The third-order valence-electron chi connectivity index (χ3n) is 6.03. The van der Waals surface area contributed by atoms with Crippen LogP contribution in [-0.4, -0.2) is 35.3 Å². The molecule has 7 nitrogen and oxygen atoms in total. The summed E-state index contributed by atoms with van der Waals surface area (Å²) in [7, 11) is -3.75. The van der Waals surface area contributed by atoms with Gasteiger partial charge in [0, 0.05) is 31.0 Å². The van der Waals surface area contributed by atoms with Crippen molar-refractivity contribution < 1.29 is 8.42 Å². The molecule has 0 spiro atoms. The van der Waals surface area contributed by atoms with E-state index in [0.717, 1.165) is 22.5 Å². The van der Waals surface area contributed by atoms with Crippen molar-refractivity contribution in [3.63, 3.8) is 0 Å². The Morgan fingerprint density at radius 3 is 2.76 bits per heavy atom. The zero-order valence-corrected chi connectivity index (χ0v) is 20.0. The number of nitriles is 1. The molecule has 0 bridgehead atoms. The lowest BCUT2D eigenvalue weighted by Crippen LogP contribution is -2.50. The quantitative estimate of drug-likeness (QED) is 0.421. The number of anilines is 1. The van der Waals surface area contributed by atoms with Gasteiger partial charge < -0.3 is 9.88 Å². The number of hydrogen-bond donors (Lipinski definition) is 1. The van der Waals surface area contributed by atoms with Crippen LogP contribution in [0.3, 0.4) is 0 Å². The highest BCUT2D eigenvalue weighted by Gasteiger charge is 2.36. The van der Waals surface area contributed by atoms with Crippen LogP contribution in [-0.2, 0) is 29.5 Å². The van der Waals surface area contributed by atoms with Crippen molar-refractivity contribution in [1.29, 1.82) is 5.26 Å². The van der Waals surface area contributed by atoms with E-state index in [-0.39, 0.29) is 17.5 Å². The van der Waals surface area contributed by atoms with Crippen LogP contribution in [0.25, 0.3) is 0 Å². The molecular weight excluding hydrogens is 466 g/mol. The minimum Gasteiger partial charge on any atom is -0.364 e. The standard InChI is InChI=1S/C25H23N5O2S2/c26-12-19-6-7-25-21(10-19)11-23(16-29(25)15-22-13-27-18-28-22)30(14-20-8-9-33-17-20)34(31,32)24-4-2-1-3-5-24/h1-10,13,17-18,23H,11,14-16H2,(H,27,28). The molecule has 0 saturated carbocycles. The van der Waals surface area contributed by atoms with Gasteiger partial charge in [0.2, 0.25) is 10.0 Å². The lowest BCUT2D eigenvalue weighted by Gasteiger charge is -2.40. The highest BCUT2D eigenvalue weighted by Crippen LogP contribution is 2.34. The van der Waals surface area contributed by atoms with Crippen molar-refractivity contribution in [3.8, 4) is 6.07 Å². The molecule has 0 amide bonds. The van der Waals surface area contributed by atoms with Crippen molar-refractivity contribution in [1.82, 2.24) is 14.3 Å². The number of rotatable bonds is 7. The van der Waals surface area contributed by atoms with Gasteiger partial charge in [-0.2, -0.15) is 20.9 Å². The Labute approximate surface area is 203 Å². The number of thiophene rings is 1. The Balaban J connectivity index is 1.56. The fourth-order valence-corrected chi connectivity index (χ4v) is 6.70. The van der Waals surface area contributed by atoms with Gasteiger partial charge in [0.15, 0.2) is 0 Å². The zero-order chi connectivity index (χ0) is 23.5. The van der Waals surface area contributed by atoms with Gasteiger partial charge in [0.25, 0.3) is 0 Å². The molecular formula is C25H23N5O2S2. The molecule has 9 heteroatoms. The summed E-state index contributed by atoms with van der Waals surface area (Å²) in [4.78, 5) is 9.71. The SMILES string of the molecule is N#Cc1ccc2c(c1)CC(N(Cc1ccsc1)S(=O)(=O)c1ccccc1)CN2Cc1cnc[nH]1. The Morgan fingerprint density at radius 1 is 1.21 bits per heavy atom. The highest BCUT2D eigenvalue weighted by atomic mass is 32.2. The average Bonchev–Trinajstić information content (AvgIpc) is 3.57. The molecule has 5 rings (SSSR count). The smallest absolute Gasteiger partial charge is 0.243 e. The zero-order valence-electron chi connectivity index (χ0n) is 18.3. The predicted molar refractivity (Wildman–Crippen MR) is 132 cm³/mol. The minimum atomic E-state index is -3.75. The van der Waals surface area contributed by atoms with Crippen LogP contribution in [0, 0.1) is 11.3 Å². The van der Waals surface area contributed by atoms with Gasteiger partial charge in [0.05, 0.1) is 35.1 Å². The number of imidazole rings is 1. The van der Waals surface area contributed by atoms with E-state index in [9.17, 15) is 13.7 Å². The van der Waals surface area contributed by atoms with E-state index < -0.39 is 10.0 Å². The summed E-state index contributed by atoms with van der Waals surface area (Å²) in [5, 5.41) is 13.4. The monoisotopic (exact) mass is 489 g/mol. The van der Waals surface area contributed by atoms with Crippen LogP contribution in [0.15, 0.2) is 82.8 Å². The number of fused-ring (bicyclic) bond motifs is 1. The van der Waals surface area contributed by atoms with Gasteiger partial charge in [-0.05, 0) is 64.7 Å². The van der Waals surface area contributed by atoms with Gasteiger partial charge in [-0.25, -0.2) is 13.4 Å². The topological polar surface area (TPSA) is 93.1 Å². The third-order valence-corrected chi connectivity index (χ3v) is 8.67. The minimum absolute atomic E-state index is 0.280. The molecule has 2 aromatic carbocycles. The molecule has 172 valence electrons. The number of H-pyrrole nitrogens is 1. The molecule has 1 unspecified atom stereocenters. The molecule has 3 heterocycles. The lowest BCUT2D eigenvalue weighted by atomic mass is 9.95. The number of benzene rings is 2. The maximum absolute atomic E-state index is 13.9. The number of nitrogens with one attached hydrogen (secondary N) is 1. The largest absolute Gasteiger partial charge is 0.364 e. The summed E-state index contributed by atoms with van der Waals surface area (Å²) in [6.07, 6.45) is 3.94. The number of sulfonamides is 1. The average molecular weight is 490 g/mol. The summed E-state index contributed by atoms with van der Waals surface area (Å²) < 4.78 is 29.3.